The van der Waals surface area contributed by atoms with Gasteiger partial charge in [-0.3, -0.25) is 0 Å². The molecule has 0 radical (unpaired) electrons. The lowest BCUT2D eigenvalue weighted by Gasteiger charge is -2.29. The fourth-order valence-corrected chi connectivity index (χ4v) is 1.76. The van der Waals surface area contributed by atoms with Crippen molar-refractivity contribution >= 4 is 0 Å². The van der Waals surface area contributed by atoms with E-state index < -0.39 is 0 Å². The summed E-state index contributed by atoms with van der Waals surface area (Å²) in [6.07, 6.45) is 0.406. The summed E-state index contributed by atoms with van der Waals surface area (Å²) in [6.45, 7) is 4.12. The van der Waals surface area contributed by atoms with E-state index in [-0.39, 0.29) is 0 Å². The lowest BCUT2D eigenvalue weighted by Crippen LogP contribution is -2.49. The van der Waals surface area contributed by atoms with Crippen LogP contribution in [0.25, 0.3) is 0 Å². The molecule has 2 rings (SSSR count). The van der Waals surface area contributed by atoms with Crippen molar-refractivity contribution in [2.45, 2.75) is 19.0 Å². The summed E-state index contributed by atoms with van der Waals surface area (Å²) in [6, 6.07) is 7.46. The number of phenolic OH excluding ortho intramolecular Hbond substituents is 1. The zero-order valence-electron chi connectivity index (χ0n) is 8.33. The van der Waals surface area contributed by atoms with Crippen LogP contribution in [0.4, 0.5) is 0 Å². The number of nitrogens with one attached hydrogen (secondary N) is 2. The molecule has 1 aliphatic heterocycles. The molecule has 0 bridgehead atoms. The van der Waals surface area contributed by atoms with Gasteiger partial charge in [0.2, 0.25) is 0 Å². The highest BCUT2D eigenvalue weighted by Gasteiger charge is 2.17. The summed E-state index contributed by atoms with van der Waals surface area (Å²) >= 11 is 0. The van der Waals surface area contributed by atoms with E-state index in [4.69, 9.17) is 5.11 Å². The smallest absolute Gasteiger partial charge is 0.115 e. The molecule has 14 heavy (non-hydrogen) atoms. The SMILES string of the molecule is CC1NCC(c2ccc(O)cc2)CN1. The summed E-state index contributed by atoms with van der Waals surface area (Å²) in [5.41, 5.74) is 1.27. The van der Waals surface area contributed by atoms with Gasteiger partial charge in [-0.25, -0.2) is 0 Å². The third-order valence-corrected chi connectivity index (χ3v) is 2.71. The quantitative estimate of drug-likeness (QED) is 0.622. The Bertz CT molecular complexity index is 289. The van der Waals surface area contributed by atoms with Crippen LogP contribution in [0.2, 0.25) is 0 Å². The molecule has 0 aromatic heterocycles. The van der Waals surface area contributed by atoms with Crippen molar-refractivity contribution in [1.29, 1.82) is 0 Å². The van der Waals surface area contributed by atoms with Crippen molar-refractivity contribution in [1.82, 2.24) is 10.6 Å². The van der Waals surface area contributed by atoms with Crippen LogP contribution in [0, 0.1) is 0 Å². The number of phenols is 1. The highest BCUT2D eigenvalue weighted by molar-refractivity contribution is 5.29. The number of aromatic hydroxyl groups is 1. The van der Waals surface area contributed by atoms with Gasteiger partial charge in [0, 0.05) is 19.0 Å². The zero-order valence-corrected chi connectivity index (χ0v) is 8.33. The summed E-state index contributed by atoms with van der Waals surface area (Å²) in [4.78, 5) is 0. The molecule has 1 aromatic carbocycles. The fraction of sp³-hybridized carbons (Fsp3) is 0.455. The standard InChI is InChI=1S/C11H16N2O/c1-8-12-6-10(7-13-8)9-2-4-11(14)5-3-9/h2-5,8,10,12-14H,6-7H2,1H3. The average molecular weight is 192 g/mol. The van der Waals surface area contributed by atoms with Gasteiger partial charge in [-0.1, -0.05) is 12.1 Å². The predicted molar refractivity (Wildman–Crippen MR) is 56.3 cm³/mol. The molecule has 1 fully saturated rings. The number of hydrogen-bond donors (Lipinski definition) is 3. The first-order valence-corrected chi connectivity index (χ1v) is 5.01. The molecule has 3 nitrogen and oxygen atoms in total. The normalized spacial score (nSPS) is 27.5. The summed E-state index contributed by atoms with van der Waals surface area (Å²) in [5, 5.41) is 15.9. The maximum absolute atomic E-state index is 9.17. The fourth-order valence-electron chi connectivity index (χ4n) is 1.76. The van der Waals surface area contributed by atoms with Crippen LogP contribution in [0.1, 0.15) is 18.4 Å². The lowest BCUT2D eigenvalue weighted by atomic mass is 9.97. The van der Waals surface area contributed by atoms with Crippen molar-refractivity contribution in [3.05, 3.63) is 29.8 Å². The Kier molecular flexibility index (Phi) is 2.70. The third-order valence-electron chi connectivity index (χ3n) is 2.71. The van der Waals surface area contributed by atoms with Crippen LogP contribution in [0.5, 0.6) is 5.75 Å². The summed E-state index contributed by atoms with van der Waals surface area (Å²) in [5.74, 6) is 0.839. The molecule has 1 heterocycles. The minimum absolute atomic E-state index is 0.332. The van der Waals surface area contributed by atoms with Gasteiger partial charge in [0.15, 0.2) is 0 Å². The molecule has 76 valence electrons. The van der Waals surface area contributed by atoms with Crippen LogP contribution in [0.15, 0.2) is 24.3 Å². The number of rotatable bonds is 1. The van der Waals surface area contributed by atoms with E-state index in [0.717, 1.165) is 13.1 Å². The van der Waals surface area contributed by atoms with Crippen molar-refractivity contribution in [3.8, 4) is 5.75 Å². The van der Waals surface area contributed by atoms with Gasteiger partial charge >= 0.3 is 0 Å². The van der Waals surface area contributed by atoms with Gasteiger partial charge in [0.1, 0.15) is 5.75 Å². The molecule has 0 spiro atoms. The van der Waals surface area contributed by atoms with E-state index in [1.807, 2.05) is 12.1 Å². The average Bonchev–Trinajstić information content (AvgIpc) is 2.21. The molecule has 0 atom stereocenters. The second kappa shape index (κ2) is 3.98. The Hall–Kier alpha value is -1.06. The minimum Gasteiger partial charge on any atom is -0.508 e. The molecule has 3 N–H and O–H groups in total. The zero-order chi connectivity index (χ0) is 9.97. The maximum Gasteiger partial charge on any atom is 0.115 e. The van der Waals surface area contributed by atoms with Crippen LogP contribution in [0.3, 0.4) is 0 Å². The Morgan fingerprint density at radius 2 is 1.71 bits per heavy atom. The first-order valence-electron chi connectivity index (χ1n) is 5.01. The first kappa shape index (κ1) is 9.49. The first-order chi connectivity index (χ1) is 6.75. The monoisotopic (exact) mass is 192 g/mol. The van der Waals surface area contributed by atoms with E-state index in [1.54, 1.807) is 12.1 Å². The van der Waals surface area contributed by atoms with Crippen LogP contribution >= 0.6 is 0 Å². The van der Waals surface area contributed by atoms with E-state index >= 15 is 0 Å². The summed E-state index contributed by atoms with van der Waals surface area (Å²) < 4.78 is 0. The van der Waals surface area contributed by atoms with Crippen LogP contribution < -0.4 is 10.6 Å². The largest absolute Gasteiger partial charge is 0.508 e. The predicted octanol–water partition coefficient (Wildman–Crippen LogP) is 1.01. The van der Waals surface area contributed by atoms with Gasteiger partial charge in [-0.2, -0.15) is 0 Å². The summed E-state index contributed by atoms with van der Waals surface area (Å²) in [7, 11) is 0. The second-order valence-electron chi connectivity index (χ2n) is 3.83. The molecule has 3 heteroatoms. The van der Waals surface area contributed by atoms with E-state index in [0.29, 0.717) is 17.8 Å². The van der Waals surface area contributed by atoms with E-state index in [9.17, 15) is 0 Å². The molecule has 0 aliphatic carbocycles. The molecule has 0 saturated carbocycles. The van der Waals surface area contributed by atoms with Crippen molar-refractivity contribution in [3.63, 3.8) is 0 Å². The molecule has 1 saturated heterocycles. The van der Waals surface area contributed by atoms with Gasteiger partial charge < -0.3 is 15.7 Å². The van der Waals surface area contributed by atoms with Gasteiger partial charge in [-0.05, 0) is 24.6 Å². The van der Waals surface area contributed by atoms with Gasteiger partial charge in [0.25, 0.3) is 0 Å². The molecule has 1 aromatic rings. The maximum atomic E-state index is 9.17. The topological polar surface area (TPSA) is 44.3 Å². The highest BCUT2D eigenvalue weighted by Crippen LogP contribution is 2.19. The van der Waals surface area contributed by atoms with E-state index in [1.165, 1.54) is 5.56 Å². The molecule has 0 amide bonds. The Labute approximate surface area is 84.1 Å². The van der Waals surface area contributed by atoms with Gasteiger partial charge in [0.05, 0.1) is 6.17 Å². The molecule has 0 unspecified atom stereocenters. The molecular formula is C11H16N2O. The molecule has 1 aliphatic rings. The number of benzene rings is 1. The third kappa shape index (κ3) is 2.05. The minimum atomic E-state index is 0.332. The second-order valence-corrected chi connectivity index (χ2v) is 3.83. The Morgan fingerprint density at radius 1 is 1.14 bits per heavy atom. The van der Waals surface area contributed by atoms with Crippen molar-refractivity contribution in [2.75, 3.05) is 13.1 Å². The Balaban J connectivity index is 2.05. The van der Waals surface area contributed by atoms with Crippen molar-refractivity contribution < 1.29 is 5.11 Å². The highest BCUT2D eigenvalue weighted by atomic mass is 16.3. The van der Waals surface area contributed by atoms with Crippen molar-refractivity contribution in [2.24, 2.45) is 0 Å². The number of hydrogen-bond acceptors (Lipinski definition) is 3. The molecular weight excluding hydrogens is 176 g/mol. The van der Waals surface area contributed by atoms with Gasteiger partial charge in [-0.15, -0.1) is 0 Å². The Morgan fingerprint density at radius 3 is 2.29 bits per heavy atom. The van der Waals surface area contributed by atoms with E-state index in [2.05, 4.69) is 17.6 Å². The van der Waals surface area contributed by atoms with Crippen LogP contribution in [-0.4, -0.2) is 24.4 Å². The van der Waals surface area contributed by atoms with Crippen LogP contribution in [-0.2, 0) is 0 Å². The lowest BCUT2D eigenvalue weighted by molar-refractivity contribution is 0.361.